The molecule has 1 heterocycles. The Labute approximate surface area is 155 Å². The molecular formula is C19H19N3O5. The minimum absolute atomic E-state index is 0.0889. The van der Waals surface area contributed by atoms with E-state index in [0.717, 1.165) is 5.56 Å². The van der Waals surface area contributed by atoms with Gasteiger partial charge in [-0.05, 0) is 11.6 Å². The maximum atomic E-state index is 12.4. The lowest BCUT2D eigenvalue weighted by atomic mass is 10.1. The third kappa shape index (κ3) is 4.89. The summed E-state index contributed by atoms with van der Waals surface area (Å²) in [4.78, 5) is 36.8. The Kier molecular flexibility index (Phi) is 5.77. The molecule has 0 radical (unpaired) electrons. The summed E-state index contributed by atoms with van der Waals surface area (Å²) in [5, 5.41) is 13.5. The fourth-order valence-electron chi connectivity index (χ4n) is 2.97. The highest BCUT2D eigenvalue weighted by atomic mass is 16.6. The second-order valence-corrected chi connectivity index (χ2v) is 6.20. The minimum atomic E-state index is -0.697. The smallest absolute Gasteiger partial charge is 0.323 e. The number of non-ortho nitro benzene ring substituents is 1. The topological polar surface area (TPSA) is 102 Å². The number of carbonyl (C=O) groups excluding carboxylic acids is 2. The summed E-state index contributed by atoms with van der Waals surface area (Å²) in [6.07, 6.45) is -0.0889. The van der Waals surface area contributed by atoms with E-state index in [4.69, 9.17) is 4.74 Å². The second-order valence-electron chi connectivity index (χ2n) is 6.20. The van der Waals surface area contributed by atoms with Gasteiger partial charge in [-0.25, -0.2) is 0 Å². The van der Waals surface area contributed by atoms with Gasteiger partial charge in [-0.3, -0.25) is 24.6 Å². The number of hydrogen-bond acceptors (Lipinski definition) is 6. The van der Waals surface area contributed by atoms with Crippen LogP contribution in [-0.4, -0.2) is 40.9 Å². The van der Waals surface area contributed by atoms with Gasteiger partial charge in [-0.15, -0.1) is 0 Å². The Balaban J connectivity index is 1.67. The van der Waals surface area contributed by atoms with Gasteiger partial charge in [0.25, 0.3) is 5.69 Å². The maximum Gasteiger partial charge on any atom is 0.323 e. The van der Waals surface area contributed by atoms with Gasteiger partial charge in [-0.2, -0.15) is 0 Å². The Bertz CT molecular complexity index is 840. The van der Waals surface area contributed by atoms with Crippen LogP contribution < -0.4 is 5.32 Å². The number of benzene rings is 2. The molecule has 0 bridgehead atoms. The molecule has 1 N–H and O–H groups in total. The molecule has 0 aliphatic carbocycles. The first-order valence-corrected chi connectivity index (χ1v) is 8.52. The standard InChI is InChI=1S/C19H19N3O5/c23-18(20-15-7-4-8-16(11-15)22(25)26)12-17-19(24)27-10-9-21(17)13-14-5-2-1-3-6-14/h1-8,11,17H,9-10,12-13H2,(H,20,23)/t17-/m1/s1. The molecule has 8 heteroatoms. The lowest BCUT2D eigenvalue weighted by Crippen LogP contribution is -2.49. The van der Waals surface area contributed by atoms with Gasteiger partial charge in [-0.1, -0.05) is 36.4 Å². The summed E-state index contributed by atoms with van der Waals surface area (Å²) >= 11 is 0. The van der Waals surface area contributed by atoms with Gasteiger partial charge in [0.15, 0.2) is 0 Å². The van der Waals surface area contributed by atoms with Gasteiger partial charge in [0, 0.05) is 30.9 Å². The molecule has 27 heavy (non-hydrogen) atoms. The van der Waals surface area contributed by atoms with Crippen LogP contribution in [-0.2, 0) is 20.9 Å². The van der Waals surface area contributed by atoms with E-state index in [1.807, 2.05) is 35.2 Å². The fraction of sp³-hybridized carbons (Fsp3) is 0.263. The zero-order valence-electron chi connectivity index (χ0n) is 14.5. The lowest BCUT2D eigenvalue weighted by Gasteiger charge is -2.33. The van der Waals surface area contributed by atoms with Gasteiger partial charge in [0.05, 0.1) is 11.3 Å². The Morgan fingerprint density at radius 1 is 1.22 bits per heavy atom. The van der Waals surface area contributed by atoms with Crippen molar-refractivity contribution in [2.75, 3.05) is 18.5 Å². The number of esters is 1. The van der Waals surface area contributed by atoms with Crippen molar-refractivity contribution in [2.24, 2.45) is 0 Å². The van der Waals surface area contributed by atoms with Crippen LogP contribution in [0.4, 0.5) is 11.4 Å². The number of hydrogen-bond donors (Lipinski definition) is 1. The summed E-state index contributed by atoms with van der Waals surface area (Å²) in [7, 11) is 0. The number of nitro benzene ring substituents is 1. The quantitative estimate of drug-likeness (QED) is 0.476. The van der Waals surface area contributed by atoms with Crippen LogP contribution in [0.15, 0.2) is 54.6 Å². The zero-order chi connectivity index (χ0) is 19.2. The largest absolute Gasteiger partial charge is 0.463 e. The van der Waals surface area contributed by atoms with Crippen LogP contribution in [0.3, 0.4) is 0 Å². The SMILES string of the molecule is O=C(C[C@@H]1C(=O)OCCN1Cc1ccccc1)Nc1cccc([N+](=O)[O-])c1. The average molecular weight is 369 g/mol. The number of cyclic esters (lactones) is 1. The molecule has 0 unspecified atom stereocenters. The van der Waals surface area contributed by atoms with E-state index in [0.29, 0.717) is 18.8 Å². The Morgan fingerprint density at radius 3 is 2.74 bits per heavy atom. The molecule has 140 valence electrons. The number of nitrogens with one attached hydrogen (secondary N) is 1. The van der Waals surface area contributed by atoms with Crippen LogP contribution >= 0.6 is 0 Å². The molecule has 0 aromatic heterocycles. The second kappa shape index (κ2) is 8.41. The van der Waals surface area contributed by atoms with Crippen molar-refractivity contribution in [1.29, 1.82) is 0 Å². The van der Waals surface area contributed by atoms with E-state index < -0.39 is 22.8 Å². The number of nitrogens with zero attached hydrogens (tertiary/aromatic N) is 2. The van der Waals surface area contributed by atoms with Crippen molar-refractivity contribution < 1.29 is 19.2 Å². The molecule has 1 amide bonds. The van der Waals surface area contributed by atoms with Crippen LogP contribution in [0.25, 0.3) is 0 Å². The number of rotatable bonds is 6. The highest BCUT2D eigenvalue weighted by Crippen LogP contribution is 2.19. The summed E-state index contributed by atoms with van der Waals surface area (Å²) < 4.78 is 5.11. The first-order chi connectivity index (χ1) is 13.0. The van der Waals surface area contributed by atoms with Crippen molar-refractivity contribution in [2.45, 2.75) is 19.0 Å². The van der Waals surface area contributed by atoms with Crippen LogP contribution in [0, 0.1) is 10.1 Å². The van der Waals surface area contributed by atoms with Crippen LogP contribution in [0.1, 0.15) is 12.0 Å². The highest BCUT2D eigenvalue weighted by Gasteiger charge is 2.33. The molecule has 2 aromatic carbocycles. The van der Waals surface area contributed by atoms with E-state index in [-0.39, 0.29) is 18.7 Å². The first kappa shape index (κ1) is 18.5. The molecule has 1 atom stereocenters. The molecular weight excluding hydrogens is 350 g/mol. The molecule has 1 fully saturated rings. The van der Waals surface area contributed by atoms with E-state index in [1.165, 1.54) is 18.2 Å². The molecule has 0 saturated carbocycles. The van der Waals surface area contributed by atoms with E-state index in [2.05, 4.69) is 5.32 Å². The molecule has 3 rings (SSSR count). The highest BCUT2D eigenvalue weighted by molar-refractivity contribution is 5.94. The van der Waals surface area contributed by atoms with Crippen molar-refractivity contribution >= 4 is 23.3 Å². The van der Waals surface area contributed by atoms with Crippen molar-refractivity contribution in [3.05, 3.63) is 70.3 Å². The summed E-state index contributed by atoms with van der Waals surface area (Å²) in [5.74, 6) is -0.844. The predicted octanol–water partition coefficient (Wildman–Crippen LogP) is 2.35. The minimum Gasteiger partial charge on any atom is -0.463 e. The zero-order valence-corrected chi connectivity index (χ0v) is 14.5. The summed E-state index contributed by atoms with van der Waals surface area (Å²) in [6.45, 7) is 1.36. The normalized spacial score (nSPS) is 17.2. The monoisotopic (exact) mass is 369 g/mol. The molecule has 1 aliphatic rings. The van der Waals surface area contributed by atoms with E-state index in [9.17, 15) is 19.7 Å². The molecule has 1 saturated heterocycles. The van der Waals surface area contributed by atoms with Crippen molar-refractivity contribution in [3.8, 4) is 0 Å². The Hall–Kier alpha value is -3.26. The van der Waals surface area contributed by atoms with Crippen molar-refractivity contribution in [3.63, 3.8) is 0 Å². The third-order valence-corrected chi connectivity index (χ3v) is 4.28. The van der Waals surface area contributed by atoms with Crippen molar-refractivity contribution in [1.82, 2.24) is 4.90 Å². The van der Waals surface area contributed by atoms with Gasteiger partial charge < -0.3 is 10.1 Å². The number of anilines is 1. The Morgan fingerprint density at radius 2 is 2.00 bits per heavy atom. The first-order valence-electron chi connectivity index (χ1n) is 8.52. The third-order valence-electron chi connectivity index (χ3n) is 4.28. The summed E-state index contributed by atoms with van der Waals surface area (Å²) in [5.41, 5.74) is 1.24. The lowest BCUT2D eigenvalue weighted by molar-refractivity contribution is -0.384. The average Bonchev–Trinajstić information content (AvgIpc) is 2.65. The van der Waals surface area contributed by atoms with Gasteiger partial charge in [0.2, 0.25) is 5.91 Å². The van der Waals surface area contributed by atoms with Gasteiger partial charge >= 0.3 is 5.97 Å². The number of nitro groups is 1. The van der Waals surface area contributed by atoms with Crippen LogP contribution in [0.5, 0.6) is 0 Å². The summed E-state index contributed by atoms with van der Waals surface area (Å²) in [6, 6.07) is 14.6. The molecule has 2 aromatic rings. The molecule has 1 aliphatic heterocycles. The number of amides is 1. The van der Waals surface area contributed by atoms with Gasteiger partial charge in [0.1, 0.15) is 12.6 Å². The number of carbonyl (C=O) groups is 2. The van der Waals surface area contributed by atoms with E-state index in [1.54, 1.807) is 6.07 Å². The van der Waals surface area contributed by atoms with E-state index >= 15 is 0 Å². The number of ether oxygens (including phenoxy) is 1. The molecule has 8 nitrogen and oxygen atoms in total. The predicted molar refractivity (Wildman–Crippen MR) is 97.9 cm³/mol. The van der Waals surface area contributed by atoms with Crippen LogP contribution in [0.2, 0.25) is 0 Å². The number of morpholine rings is 1. The molecule has 0 spiro atoms. The maximum absolute atomic E-state index is 12.4. The fourth-order valence-corrected chi connectivity index (χ4v) is 2.97.